The molecule has 0 aliphatic carbocycles. The van der Waals surface area contributed by atoms with E-state index in [2.05, 4.69) is 49.0 Å². The number of amides is 1. The van der Waals surface area contributed by atoms with Crippen molar-refractivity contribution >= 4 is 11.7 Å². The second kappa shape index (κ2) is 8.61. The molecule has 1 amide bonds. The summed E-state index contributed by atoms with van der Waals surface area (Å²) in [6.45, 7) is 11.7. The highest BCUT2D eigenvalue weighted by Gasteiger charge is 2.33. The fourth-order valence-electron chi connectivity index (χ4n) is 3.64. The number of rotatable bonds is 7. The Morgan fingerprint density at radius 3 is 2.38 bits per heavy atom. The fraction of sp³-hybridized carbons (Fsp3) is 0.700. The van der Waals surface area contributed by atoms with Gasteiger partial charge in [-0.2, -0.15) is 0 Å². The molecule has 1 N–H and O–H groups in total. The summed E-state index contributed by atoms with van der Waals surface area (Å²) in [7, 11) is 0. The first-order chi connectivity index (χ1) is 11.5. The molecule has 0 bridgehead atoms. The van der Waals surface area contributed by atoms with Crippen molar-refractivity contribution in [3.05, 3.63) is 23.4 Å². The molecule has 1 fully saturated rings. The highest BCUT2D eigenvalue weighted by Crippen LogP contribution is 2.32. The third-order valence-corrected chi connectivity index (χ3v) is 5.81. The van der Waals surface area contributed by atoms with Crippen LogP contribution in [0.2, 0.25) is 0 Å². The van der Waals surface area contributed by atoms with Gasteiger partial charge in [0.05, 0.1) is 0 Å². The molecule has 2 heterocycles. The number of aromatic nitrogens is 1. The second-order valence-corrected chi connectivity index (χ2v) is 7.13. The van der Waals surface area contributed by atoms with Crippen LogP contribution in [0.4, 0.5) is 5.82 Å². The van der Waals surface area contributed by atoms with E-state index >= 15 is 0 Å². The summed E-state index contributed by atoms with van der Waals surface area (Å²) in [5, 5.41) is 3.07. The monoisotopic (exact) mass is 331 g/mol. The van der Waals surface area contributed by atoms with Gasteiger partial charge in [0.25, 0.3) is 0 Å². The molecule has 4 nitrogen and oxygen atoms in total. The number of nitrogens with one attached hydrogen (secondary N) is 1. The average molecular weight is 332 g/mol. The maximum Gasteiger partial charge on any atom is 0.231 e. The average Bonchev–Trinajstić information content (AvgIpc) is 2.61. The molecule has 1 aliphatic heterocycles. The molecule has 1 aromatic rings. The molecule has 2 rings (SSSR count). The Morgan fingerprint density at radius 2 is 1.79 bits per heavy atom. The van der Waals surface area contributed by atoms with Crippen molar-refractivity contribution in [1.29, 1.82) is 0 Å². The third-order valence-electron chi connectivity index (χ3n) is 5.81. The van der Waals surface area contributed by atoms with Gasteiger partial charge >= 0.3 is 0 Å². The van der Waals surface area contributed by atoms with Crippen molar-refractivity contribution < 1.29 is 4.79 Å². The summed E-state index contributed by atoms with van der Waals surface area (Å²) in [5.74, 6) is 0.799. The molecule has 0 radical (unpaired) electrons. The van der Waals surface area contributed by atoms with Crippen molar-refractivity contribution in [3.63, 3.8) is 0 Å². The largest absolute Gasteiger partial charge is 0.310 e. The van der Waals surface area contributed by atoms with Gasteiger partial charge in [0.1, 0.15) is 5.82 Å². The van der Waals surface area contributed by atoms with Crippen LogP contribution in [-0.2, 0) is 11.3 Å². The number of likely N-dealkylation sites (tertiary alicyclic amines) is 1. The maximum absolute atomic E-state index is 12.8. The van der Waals surface area contributed by atoms with Gasteiger partial charge in [-0.1, -0.05) is 27.2 Å². The minimum Gasteiger partial charge on any atom is -0.310 e. The number of nitrogens with zero attached hydrogens (tertiary/aromatic N) is 2. The maximum atomic E-state index is 12.8. The number of hydrogen-bond donors (Lipinski definition) is 1. The van der Waals surface area contributed by atoms with Crippen LogP contribution in [-0.4, -0.2) is 28.9 Å². The predicted octanol–water partition coefficient (Wildman–Crippen LogP) is 4.53. The summed E-state index contributed by atoms with van der Waals surface area (Å²) in [6, 6.07) is 2.06. The molecule has 0 spiro atoms. The van der Waals surface area contributed by atoms with Crippen LogP contribution >= 0.6 is 0 Å². The number of carbonyl (C=O) groups excluding carboxylic acids is 1. The van der Waals surface area contributed by atoms with Crippen LogP contribution in [0.1, 0.15) is 70.4 Å². The van der Waals surface area contributed by atoms with E-state index in [9.17, 15) is 4.79 Å². The molecule has 4 heteroatoms. The van der Waals surface area contributed by atoms with Gasteiger partial charge < -0.3 is 5.32 Å². The van der Waals surface area contributed by atoms with Crippen molar-refractivity contribution in [1.82, 2.24) is 9.88 Å². The van der Waals surface area contributed by atoms with Gasteiger partial charge in [-0.05, 0) is 69.3 Å². The van der Waals surface area contributed by atoms with Crippen molar-refractivity contribution in [2.75, 3.05) is 18.4 Å². The van der Waals surface area contributed by atoms with E-state index in [0.29, 0.717) is 5.82 Å². The Bertz CT molecular complexity index is 538. The molecule has 1 aliphatic rings. The second-order valence-electron chi connectivity index (χ2n) is 7.13. The predicted molar refractivity (Wildman–Crippen MR) is 100 cm³/mol. The van der Waals surface area contributed by atoms with Gasteiger partial charge in [0.2, 0.25) is 5.91 Å². The number of anilines is 1. The SMILES string of the molecule is CCC(CC)(CC)C(=O)Nc1cc(CN2CCCCC2)c(C)cn1. The lowest BCUT2D eigenvalue weighted by Gasteiger charge is -2.29. The Hall–Kier alpha value is -1.42. The van der Waals surface area contributed by atoms with Gasteiger partial charge in [0.15, 0.2) is 0 Å². The van der Waals surface area contributed by atoms with E-state index in [1.165, 1.54) is 43.5 Å². The Morgan fingerprint density at radius 1 is 1.17 bits per heavy atom. The van der Waals surface area contributed by atoms with Crippen LogP contribution in [0.3, 0.4) is 0 Å². The van der Waals surface area contributed by atoms with E-state index < -0.39 is 0 Å². The molecule has 134 valence electrons. The highest BCUT2D eigenvalue weighted by molar-refractivity contribution is 5.94. The smallest absolute Gasteiger partial charge is 0.231 e. The van der Waals surface area contributed by atoms with Gasteiger partial charge in [0, 0.05) is 18.2 Å². The topological polar surface area (TPSA) is 45.2 Å². The number of hydrogen-bond acceptors (Lipinski definition) is 3. The van der Waals surface area contributed by atoms with Gasteiger partial charge in [-0.25, -0.2) is 4.98 Å². The first kappa shape index (κ1) is 18.9. The van der Waals surface area contributed by atoms with E-state index in [1.54, 1.807) is 0 Å². The van der Waals surface area contributed by atoms with Crippen molar-refractivity contribution in [2.45, 2.75) is 72.8 Å². The highest BCUT2D eigenvalue weighted by atomic mass is 16.2. The lowest BCUT2D eigenvalue weighted by molar-refractivity contribution is -0.126. The lowest BCUT2D eigenvalue weighted by Crippen LogP contribution is -2.35. The van der Waals surface area contributed by atoms with Crippen LogP contribution in [0.15, 0.2) is 12.3 Å². The molecule has 0 aromatic carbocycles. The Balaban J connectivity index is 2.11. The summed E-state index contributed by atoms with van der Waals surface area (Å²) in [5.41, 5.74) is 2.20. The zero-order valence-electron chi connectivity index (χ0n) is 15.8. The normalized spacial score (nSPS) is 16.2. The number of pyridine rings is 1. The van der Waals surface area contributed by atoms with Gasteiger partial charge in [-0.3, -0.25) is 9.69 Å². The zero-order valence-corrected chi connectivity index (χ0v) is 15.8. The third kappa shape index (κ3) is 4.35. The molecule has 0 unspecified atom stereocenters. The number of carbonyl (C=O) groups is 1. The van der Waals surface area contributed by atoms with Crippen molar-refractivity contribution in [2.24, 2.45) is 5.41 Å². The molecule has 1 saturated heterocycles. The molecule has 1 aromatic heterocycles. The summed E-state index contributed by atoms with van der Waals surface area (Å²) in [6.07, 6.45) is 8.40. The quantitative estimate of drug-likeness (QED) is 0.798. The Kier molecular flexibility index (Phi) is 6.79. The molecule has 24 heavy (non-hydrogen) atoms. The van der Waals surface area contributed by atoms with Crippen LogP contribution in [0.5, 0.6) is 0 Å². The minimum absolute atomic E-state index is 0.107. The van der Waals surface area contributed by atoms with Crippen LogP contribution in [0.25, 0.3) is 0 Å². The van der Waals surface area contributed by atoms with Gasteiger partial charge in [-0.15, -0.1) is 0 Å². The number of aryl methyl sites for hydroxylation is 1. The Labute approximate surface area is 147 Å². The van der Waals surface area contributed by atoms with E-state index in [-0.39, 0.29) is 11.3 Å². The standard InChI is InChI=1S/C20H33N3O/c1-5-20(6-2,7-3)19(24)22-18-13-17(16(4)14-21-18)15-23-11-9-8-10-12-23/h13-14H,5-12,15H2,1-4H3,(H,21,22,24). The number of piperidine rings is 1. The van der Waals surface area contributed by atoms with E-state index in [4.69, 9.17) is 0 Å². The van der Waals surface area contributed by atoms with E-state index in [1.807, 2.05) is 6.20 Å². The molecule has 0 atom stereocenters. The molecule has 0 saturated carbocycles. The van der Waals surface area contributed by atoms with Crippen LogP contribution in [0, 0.1) is 12.3 Å². The zero-order chi connectivity index (χ0) is 17.6. The molecular formula is C20H33N3O. The lowest BCUT2D eigenvalue weighted by atomic mass is 9.79. The fourth-order valence-corrected chi connectivity index (χ4v) is 3.64. The summed E-state index contributed by atoms with van der Waals surface area (Å²) >= 11 is 0. The first-order valence-corrected chi connectivity index (χ1v) is 9.54. The van der Waals surface area contributed by atoms with Crippen molar-refractivity contribution in [3.8, 4) is 0 Å². The summed E-state index contributed by atoms with van der Waals surface area (Å²) < 4.78 is 0. The minimum atomic E-state index is -0.278. The molecular weight excluding hydrogens is 298 g/mol. The summed E-state index contributed by atoms with van der Waals surface area (Å²) in [4.78, 5) is 19.7. The van der Waals surface area contributed by atoms with E-state index in [0.717, 1.165) is 25.8 Å². The first-order valence-electron chi connectivity index (χ1n) is 9.54. The van der Waals surface area contributed by atoms with Crippen LogP contribution < -0.4 is 5.32 Å².